The molecule has 0 unspecified atom stereocenters. The topological polar surface area (TPSA) is 79.9 Å². The Bertz CT molecular complexity index is 792. The van der Waals surface area contributed by atoms with Crippen molar-refractivity contribution >= 4 is 23.2 Å². The summed E-state index contributed by atoms with van der Waals surface area (Å²) in [6.45, 7) is 0.409. The van der Waals surface area contributed by atoms with Crippen molar-refractivity contribution < 1.29 is 19.1 Å². The van der Waals surface area contributed by atoms with Gasteiger partial charge in [-0.1, -0.05) is 12.1 Å². The van der Waals surface area contributed by atoms with Crippen molar-refractivity contribution in [2.45, 2.75) is 6.10 Å². The molecule has 2 aromatic carbocycles. The number of hydrogen-bond acceptors (Lipinski definition) is 5. The monoisotopic (exact) mass is 355 g/mol. The number of hydrogen-bond donors (Lipinski definition) is 2. The Morgan fingerprint density at radius 3 is 2.62 bits per heavy atom. The first kappa shape index (κ1) is 17.6. The number of benzene rings is 2. The molecule has 0 spiro atoms. The zero-order valence-electron chi connectivity index (χ0n) is 14.7. The van der Waals surface area contributed by atoms with Gasteiger partial charge in [0.05, 0.1) is 25.9 Å². The molecule has 0 saturated heterocycles. The second kappa shape index (κ2) is 7.77. The zero-order valence-corrected chi connectivity index (χ0v) is 14.7. The highest BCUT2D eigenvalue weighted by molar-refractivity contribution is 5.95. The van der Waals surface area contributed by atoms with Crippen LogP contribution in [0.1, 0.15) is 0 Å². The van der Waals surface area contributed by atoms with Gasteiger partial charge >= 0.3 is 0 Å². The molecule has 0 bridgehead atoms. The van der Waals surface area contributed by atoms with Gasteiger partial charge in [-0.2, -0.15) is 0 Å². The summed E-state index contributed by atoms with van der Waals surface area (Å²) in [5.74, 6) is 0.908. The lowest BCUT2D eigenvalue weighted by Gasteiger charge is -2.34. The van der Waals surface area contributed by atoms with Gasteiger partial charge < -0.3 is 25.0 Å². The van der Waals surface area contributed by atoms with E-state index in [1.54, 1.807) is 44.5 Å². The maximum atomic E-state index is 12.5. The average Bonchev–Trinajstić information content (AvgIpc) is 2.67. The van der Waals surface area contributed by atoms with E-state index in [4.69, 9.17) is 9.47 Å². The zero-order chi connectivity index (χ0) is 18.5. The Morgan fingerprint density at radius 1 is 1.19 bits per heavy atom. The van der Waals surface area contributed by atoms with Crippen LogP contribution >= 0.6 is 0 Å². The summed E-state index contributed by atoms with van der Waals surface area (Å²) in [5, 5.41) is 5.44. The Hall–Kier alpha value is -3.22. The number of rotatable bonds is 5. The van der Waals surface area contributed by atoms with Crippen LogP contribution in [-0.2, 0) is 9.59 Å². The molecule has 1 aliphatic rings. The number of anilines is 2. The molecule has 1 aliphatic heterocycles. The Morgan fingerprint density at radius 2 is 1.92 bits per heavy atom. The largest absolute Gasteiger partial charge is 0.497 e. The minimum absolute atomic E-state index is 0.111. The lowest BCUT2D eigenvalue weighted by molar-refractivity contribution is -0.127. The fourth-order valence-electron chi connectivity index (χ4n) is 2.80. The van der Waals surface area contributed by atoms with E-state index in [1.165, 1.54) is 0 Å². The molecule has 0 aliphatic carbocycles. The fraction of sp³-hybridized carbons (Fsp3) is 0.263. The third-order valence-electron chi connectivity index (χ3n) is 4.11. The molecule has 0 radical (unpaired) electrons. The molecule has 3 rings (SSSR count). The lowest BCUT2D eigenvalue weighted by atomic mass is 10.1. The van der Waals surface area contributed by atoms with Crippen LogP contribution in [0.15, 0.2) is 48.5 Å². The summed E-state index contributed by atoms with van der Waals surface area (Å²) in [4.78, 5) is 26.3. The molecule has 136 valence electrons. The molecule has 2 N–H and O–H groups in total. The molecule has 7 heteroatoms. The highest BCUT2D eigenvalue weighted by Gasteiger charge is 2.30. The normalized spacial score (nSPS) is 15.5. The third kappa shape index (κ3) is 3.88. The van der Waals surface area contributed by atoms with E-state index in [-0.39, 0.29) is 18.4 Å². The summed E-state index contributed by atoms with van der Waals surface area (Å²) in [5.41, 5.74) is 1.47. The van der Waals surface area contributed by atoms with Crippen molar-refractivity contribution in [1.82, 2.24) is 5.32 Å². The number of carbonyl (C=O) groups is 2. The number of carbonyl (C=O) groups excluding carboxylic acids is 2. The number of nitrogens with one attached hydrogen (secondary N) is 2. The maximum absolute atomic E-state index is 12.5. The molecule has 2 amide bonds. The molecule has 0 fully saturated rings. The van der Waals surface area contributed by atoms with E-state index < -0.39 is 6.10 Å². The van der Waals surface area contributed by atoms with Gasteiger partial charge in [0.15, 0.2) is 6.10 Å². The van der Waals surface area contributed by atoms with E-state index in [9.17, 15) is 9.59 Å². The van der Waals surface area contributed by atoms with Gasteiger partial charge in [0.1, 0.15) is 11.5 Å². The number of ether oxygens (including phenoxy) is 2. The van der Waals surface area contributed by atoms with Gasteiger partial charge in [0, 0.05) is 12.7 Å². The van der Waals surface area contributed by atoms with Gasteiger partial charge in [-0.05, 0) is 36.4 Å². The summed E-state index contributed by atoms with van der Waals surface area (Å²) in [7, 11) is 3.15. The van der Waals surface area contributed by atoms with Crippen molar-refractivity contribution in [3.8, 4) is 11.5 Å². The number of amides is 2. The smallest absolute Gasteiger partial charge is 0.262 e. The second-order valence-corrected chi connectivity index (χ2v) is 5.85. The van der Waals surface area contributed by atoms with Crippen LogP contribution in [0.25, 0.3) is 0 Å². The van der Waals surface area contributed by atoms with Crippen LogP contribution in [0.2, 0.25) is 0 Å². The first-order chi connectivity index (χ1) is 12.6. The minimum Gasteiger partial charge on any atom is -0.497 e. The van der Waals surface area contributed by atoms with Gasteiger partial charge in [-0.25, -0.2) is 0 Å². The number of nitrogens with zero attached hydrogens (tertiary/aromatic N) is 1. The van der Waals surface area contributed by atoms with E-state index in [0.717, 1.165) is 11.4 Å². The van der Waals surface area contributed by atoms with Crippen molar-refractivity contribution in [2.75, 3.05) is 37.5 Å². The fourth-order valence-corrected chi connectivity index (χ4v) is 2.80. The van der Waals surface area contributed by atoms with Crippen LogP contribution in [0, 0.1) is 0 Å². The predicted molar refractivity (Wildman–Crippen MR) is 98.8 cm³/mol. The molecule has 0 aromatic heterocycles. The van der Waals surface area contributed by atoms with Gasteiger partial charge in [-0.15, -0.1) is 0 Å². The summed E-state index contributed by atoms with van der Waals surface area (Å²) < 4.78 is 10.8. The van der Waals surface area contributed by atoms with Crippen molar-refractivity contribution in [1.29, 1.82) is 0 Å². The van der Waals surface area contributed by atoms with Crippen molar-refractivity contribution in [3.05, 3.63) is 48.5 Å². The van der Waals surface area contributed by atoms with E-state index >= 15 is 0 Å². The van der Waals surface area contributed by atoms with Crippen LogP contribution < -0.4 is 25.0 Å². The quantitative estimate of drug-likeness (QED) is 0.852. The first-order valence-corrected chi connectivity index (χ1v) is 8.27. The number of likely N-dealkylation sites (N-methyl/N-ethyl adjacent to an activating group) is 1. The molecular weight excluding hydrogens is 334 g/mol. The SMILES string of the molecule is CNC(=O)[C@@H]1CN(CC(=O)Nc2ccc(OC)cc2)c2ccccc2O1. The summed E-state index contributed by atoms with van der Waals surface area (Å²) in [6, 6.07) is 14.5. The van der Waals surface area contributed by atoms with Gasteiger partial charge in [0.2, 0.25) is 5.91 Å². The number of fused-ring (bicyclic) bond motifs is 1. The first-order valence-electron chi connectivity index (χ1n) is 8.27. The highest BCUT2D eigenvalue weighted by Crippen LogP contribution is 2.33. The minimum atomic E-state index is -0.663. The number of methoxy groups -OCH3 is 1. The lowest BCUT2D eigenvalue weighted by Crippen LogP contribution is -2.50. The Labute approximate surface area is 151 Å². The maximum Gasteiger partial charge on any atom is 0.262 e. The average molecular weight is 355 g/mol. The van der Waals surface area contributed by atoms with Crippen molar-refractivity contribution in [2.24, 2.45) is 0 Å². The summed E-state index contributed by atoms with van der Waals surface area (Å²) >= 11 is 0. The Kier molecular flexibility index (Phi) is 5.26. The number of para-hydroxylation sites is 2. The molecule has 1 atom stereocenters. The van der Waals surface area contributed by atoms with Crippen LogP contribution in [0.3, 0.4) is 0 Å². The van der Waals surface area contributed by atoms with E-state index in [1.807, 2.05) is 23.1 Å². The molecule has 26 heavy (non-hydrogen) atoms. The summed E-state index contributed by atoms with van der Waals surface area (Å²) in [6.07, 6.45) is -0.663. The highest BCUT2D eigenvalue weighted by atomic mass is 16.5. The van der Waals surface area contributed by atoms with Gasteiger partial charge in [0.25, 0.3) is 5.91 Å². The standard InChI is InChI=1S/C19H21N3O4/c1-20-19(24)17-11-22(15-5-3-4-6-16(15)26-17)12-18(23)21-13-7-9-14(25-2)10-8-13/h3-10,17H,11-12H2,1-2H3,(H,20,24)(H,21,23)/t17-/m0/s1. The van der Waals surface area contributed by atoms with E-state index in [2.05, 4.69) is 10.6 Å². The Balaban J connectivity index is 1.72. The van der Waals surface area contributed by atoms with Crippen LogP contribution in [0.5, 0.6) is 11.5 Å². The molecular formula is C19H21N3O4. The van der Waals surface area contributed by atoms with Crippen LogP contribution in [-0.4, -0.2) is 45.2 Å². The van der Waals surface area contributed by atoms with E-state index in [0.29, 0.717) is 18.0 Å². The molecule has 0 saturated carbocycles. The second-order valence-electron chi connectivity index (χ2n) is 5.85. The molecule has 7 nitrogen and oxygen atoms in total. The predicted octanol–water partition coefficient (Wildman–Crippen LogP) is 1.65. The van der Waals surface area contributed by atoms with Crippen LogP contribution in [0.4, 0.5) is 11.4 Å². The third-order valence-corrected chi connectivity index (χ3v) is 4.11. The van der Waals surface area contributed by atoms with Gasteiger partial charge in [-0.3, -0.25) is 9.59 Å². The molecule has 2 aromatic rings. The van der Waals surface area contributed by atoms with Crippen molar-refractivity contribution in [3.63, 3.8) is 0 Å². The molecule has 1 heterocycles.